The molecule has 0 saturated carbocycles. The highest BCUT2D eigenvalue weighted by Crippen LogP contribution is 2.29. The lowest BCUT2D eigenvalue weighted by atomic mass is 10.3. The number of hydrogen-bond acceptors (Lipinski definition) is 6. The van der Waals surface area contributed by atoms with Crippen molar-refractivity contribution < 1.29 is 18.3 Å². The quantitative estimate of drug-likeness (QED) is 0.914. The Labute approximate surface area is 121 Å². The Balaban J connectivity index is 2.41. The summed E-state index contributed by atoms with van der Waals surface area (Å²) in [6.07, 6.45) is 0. The van der Waals surface area contributed by atoms with Crippen LogP contribution in [0.1, 0.15) is 6.92 Å². The van der Waals surface area contributed by atoms with Gasteiger partial charge in [-0.25, -0.2) is 8.42 Å². The van der Waals surface area contributed by atoms with Gasteiger partial charge in [-0.15, -0.1) is 0 Å². The lowest BCUT2D eigenvalue weighted by Crippen LogP contribution is -2.30. The fraction of sp³-hybridized carbons (Fsp3) is 0.250. The van der Waals surface area contributed by atoms with Crippen molar-refractivity contribution in [1.29, 1.82) is 0 Å². The number of benzene rings is 1. The third-order valence-corrected chi connectivity index (χ3v) is 5.75. The SMILES string of the molecule is CCN(c1ccc(O)cc1)S(=O)(=O)c1cc(OC)ns1. The second kappa shape index (κ2) is 5.68. The summed E-state index contributed by atoms with van der Waals surface area (Å²) in [7, 11) is -2.25. The molecule has 2 aromatic rings. The first-order valence-electron chi connectivity index (χ1n) is 5.81. The maximum atomic E-state index is 12.6. The van der Waals surface area contributed by atoms with Crippen LogP contribution in [0.4, 0.5) is 5.69 Å². The molecule has 6 nitrogen and oxygen atoms in total. The van der Waals surface area contributed by atoms with Gasteiger partial charge in [-0.1, -0.05) is 0 Å². The molecule has 0 aliphatic heterocycles. The summed E-state index contributed by atoms with van der Waals surface area (Å²) >= 11 is 0.869. The summed E-state index contributed by atoms with van der Waals surface area (Å²) < 4.78 is 35.3. The Hall–Kier alpha value is -1.80. The van der Waals surface area contributed by atoms with E-state index in [1.165, 1.54) is 29.6 Å². The molecule has 8 heteroatoms. The second-order valence-electron chi connectivity index (χ2n) is 3.87. The maximum absolute atomic E-state index is 12.6. The molecule has 1 aromatic carbocycles. The number of nitrogens with zero attached hydrogens (tertiary/aromatic N) is 2. The number of aromatic hydroxyl groups is 1. The Bertz CT molecular complexity index is 680. The van der Waals surface area contributed by atoms with Crippen LogP contribution < -0.4 is 9.04 Å². The predicted molar refractivity (Wildman–Crippen MR) is 77.0 cm³/mol. The molecule has 0 bridgehead atoms. The van der Waals surface area contributed by atoms with Gasteiger partial charge in [0.15, 0.2) is 4.21 Å². The molecule has 0 aliphatic carbocycles. The monoisotopic (exact) mass is 314 g/mol. The van der Waals surface area contributed by atoms with Crippen molar-refractivity contribution in [3.63, 3.8) is 0 Å². The van der Waals surface area contributed by atoms with Gasteiger partial charge < -0.3 is 9.84 Å². The summed E-state index contributed by atoms with van der Waals surface area (Å²) in [4.78, 5) is 0. The molecular formula is C12H14N2O4S2. The Kier molecular flexibility index (Phi) is 4.15. The van der Waals surface area contributed by atoms with Crippen molar-refractivity contribution in [2.45, 2.75) is 11.1 Å². The fourth-order valence-corrected chi connectivity index (χ4v) is 4.11. The Morgan fingerprint density at radius 1 is 1.35 bits per heavy atom. The third-order valence-electron chi connectivity index (χ3n) is 2.65. The van der Waals surface area contributed by atoms with Gasteiger partial charge in [0.25, 0.3) is 10.0 Å². The average Bonchev–Trinajstić information content (AvgIpc) is 2.91. The van der Waals surface area contributed by atoms with Gasteiger partial charge >= 0.3 is 0 Å². The molecule has 2 rings (SSSR count). The molecule has 1 heterocycles. The minimum absolute atomic E-state index is 0.0849. The first kappa shape index (κ1) is 14.6. The van der Waals surface area contributed by atoms with Crippen LogP contribution in [-0.4, -0.2) is 31.6 Å². The third kappa shape index (κ3) is 2.70. The van der Waals surface area contributed by atoms with Gasteiger partial charge in [0.1, 0.15) is 5.75 Å². The van der Waals surface area contributed by atoms with Gasteiger partial charge in [-0.05, 0) is 42.7 Å². The minimum Gasteiger partial charge on any atom is -0.508 e. The summed E-state index contributed by atoms with van der Waals surface area (Å²) in [5.74, 6) is 0.358. The zero-order valence-corrected chi connectivity index (χ0v) is 12.6. The molecule has 0 amide bonds. The van der Waals surface area contributed by atoms with Crippen LogP contribution in [0.25, 0.3) is 0 Å². The van der Waals surface area contributed by atoms with Gasteiger partial charge in [0.2, 0.25) is 5.88 Å². The highest BCUT2D eigenvalue weighted by Gasteiger charge is 2.26. The molecule has 1 N–H and O–H groups in total. The number of hydrogen-bond donors (Lipinski definition) is 1. The van der Waals surface area contributed by atoms with Gasteiger partial charge in [-0.3, -0.25) is 4.31 Å². The van der Waals surface area contributed by atoms with Crippen LogP contribution >= 0.6 is 11.5 Å². The Morgan fingerprint density at radius 2 is 2.00 bits per heavy atom. The average molecular weight is 314 g/mol. The smallest absolute Gasteiger partial charge is 0.275 e. The number of anilines is 1. The normalized spacial score (nSPS) is 11.3. The second-order valence-corrected chi connectivity index (χ2v) is 6.77. The molecule has 1 aromatic heterocycles. The first-order chi connectivity index (χ1) is 9.48. The number of ether oxygens (including phenoxy) is 1. The molecule has 0 saturated heterocycles. The number of rotatable bonds is 5. The van der Waals surface area contributed by atoms with E-state index in [2.05, 4.69) is 4.37 Å². The van der Waals surface area contributed by atoms with Gasteiger partial charge in [0, 0.05) is 12.6 Å². The molecule has 0 unspecified atom stereocenters. The zero-order valence-electron chi connectivity index (χ0n) is 11.0. The van der Waals surface area contributed by atoms with Crippen molar-refractivity contribution in [3.8, 4) is 11.6 Å². The molecule has 0 aliphatic rings. The molecular weight excluding hydrogens is 300 g/mol. The van der Waals surface area contributed by atoms with Crippen LogP contribution in [0.5, 0.6) is 11.6 Å². The van der Waals surface area contributed by atoms with E-state index in [4.69, 9.17) is 4.74 Å². The van der Waals surface area contributed by atoms with E-state index in [0.29, 0.717) is 5.69 Å². The van der Waals surface area contributed by atoms with E-state index in [1.807, 2.05) is 0 Å². The van der Waals surface area contributed by atoms with Crippen molar-refractivity contribution in [3.05, 3.63) is 30.3 Å². The van der Waals surface area contributed by atoms with Crippen LogP contribution in [0, 0.1) is 0 Å². The lowest BCUT2D eigenvalue weighted by Gasteiger charge is -2.21. The summed E-state index contributed by atoms with van der Waals surface area (Å²) in [6.45, 7) is 2.01. The number of phenolic OH excluding ortho intramolecular Hbond substituents is 1. The van der Waals surface area contributed by atoms with E-state index in [0.717, 1.165) is 11.5 Å². The van der Waals surface area contributed by atoms with Crippen LogP contribution in [0.3, 0.4) is 0 Å². The van der Waals surface area contributed by atoms with Gasteiger partial charge in [0.05, 0.1) is 12.8 Å². The van der Waals surface area contributed by atoms with E-state index >= 15 is 0 Å². The molecule has 0 spiro atoms. The van der Waals surface area contributed by atoms with Gasteiger partial charge in [-0.2, -0.15) is 4.37 Å². The number of aromatic nitrogens is 1. The van der Waals surface area contributed by atoms with E-state index < -0.39 is 10.0 Å². The summed E-state index contributed by atoms with van der Waals surface area (Å²) in [5.41, 5.74) is 0.484. The molecule has 108 valence electrons. The summed E-state index contributed by atoms with van der Waals surface area (Å²) in [6, 6.07) is 7.38. The number of sulfonamides is 1. The zero-order chi connectivity index (χ0) is 14.8. The van der Waals surface area contributed by atoms with E-state index in [9.17, 15) is 13.5 Å². The molecule has 0 atom stereocenters. The largest absolute Gasteiger partial charge is 0.508 e. The first-order valence-corrected chi connectivity index (χ1v) is 8.03. The fourth-order valence-electron chi connectivity index (χ4n) is 1.68. The highest BCUT2D eigenvalue weighted by atomic mass is 32.2. The highest BCUT2D eigenvalue weighted by molar-refractivity contribution is 7.94. The van der Waals surface area contributed by atoms with Crippen molar-refractivity contribution in [2.24, 2.45) is 0 Å². The lowest BCUT2D eigenvalue weighted by molar-refractivity contribution is 0.402. The Morgan fingerprint density at radius 3 is 2.50 bits per heavy atom. The van der Waals surface area contributed by atoms with Crippen molar-refractivity contribution in [2.75, 3.05) is 18.0 Å². The van der Waals surface area contributed by atoms with Crippen molar-refractivity contribution in [1.82, 2.24) is 4.37 Å². The predicted octanol–water partition coefficient (Wildman–Crippen LogP) is 2.07. The number of methoxy groups -OCH3 is 1. The van der Waals surface area contributed by atoms with Crippen LogP contribution in [-0.2, 0) is 10.0 Å². The number of phenols is 1. The standard InChI is InChI=1S/C12H14N2O4S2/c1-3-14(9-4-6-10(15)7-5-9)20(16,17)12-8-11(18-2)13-19-12/h4-8,15H,3H2,1-2H3. The molecule has 0 fully saturated rings. The maximum Gasteiger partial charge on any atom is 0.275 e. The minimum atomic E-state index is -3.68. The van der Waals surface area contributed by atoms with Crippen LogP contribution in [0.2, 0.25) is 0 Å². The van der Waals surface area contributed by atoms with Crippen LogP contribution in [0.15, 0.2) is 34.5 Å². The molecule has 20 heavy (non-hydrogen) atoms. The summed E-state index contributed by atoms with van der Waals surface area (Å²) in [5, 5.41) is 9.27. The van der Waals surface area contributed by atoms with E-state index in [1.54, 1.807) is 19.1 Å². The topological polar surface area (TPSA) is 79.7 Å². The van der Waals surface area contributed by atoms with E-state index in [-0.39, 0.29) is 22.4 Å². The molecule has 0 radical (unpaired) electrons. The van der Waals surface area contributed by atoms with Crippen molar-refractivity contribution >= 4 is 27.2 Å².